The Morgan fingerprint density at radius 1 is 0.466 bits per heavy atom. The maximum absolute atomic E-state index is 13.6. The van der Waals surface area contributed by atoms with Gasteiger partial charge in [-0.25, -0.2) is 0 Å². The first-order chi connectivity index (χ1) is 28.4. The highest BCUT2D eigenvalue weighted by atomic mass is 16.7. The van der Waals surface area contributed by atoms with Crippen LogP contribution in [0.4, 0.5) is 0 Å². The van der Waals surface area contributed by atoms with E-state index in [1.165, 1.54) is 186 Å². The summed E-state index contributed by atoms with van der Waals surface area (Å²) in [5.74, 6) is 0.0322. The monoisotopic (exact) mass is 826 g/mol. The van der Waals surface area contributed by atoms with E-state index in [9.17, 15) is 30.3 Å². The van der Waals surface area contributed by atoms with E-state index in [4.69, 9.17) is 9.47 Å². The number of hydrogen-bond acceptors (Lipinski definition) is 8. The van der Waals surface area contributed by atoms with Gasteiger partial charge in [0.05, 0.1) is 31.4 Å². The van der Waals surface area contributed by atoms with Crippen LogP contribution in [0, 0.1) is 0 Å². The lowest BCUT2D eigenvalue weighted by atomic mass is 9.85. The fourth-order valence-electron chi connectivity index (χ4n) is 9.20. The highest BCUT2D eigenvalue weighted by molar-refractivity contribution is 5.78. The molecule has 58 heavy (non-hydrogen) atoms. The van der Waals surface area contributed by atoms with Crippen molar-refractivity contribution in [2.45, 2.75) is 294 Å². The van der Waals surface area contributed by atoms with Crippen LogP contribution in [-0.2, 0) is 14.3 Å². The molecule has 2 rings (SSSR count). The average Bonchev–Trinajstić information content (AvgIpc) is 3.22. The van der Waals surface area contributed by atoms with Crippen molar-refractivity contribution in [2.24, 2.45) is 0 Å². The highest BCUT2D eigenvalue weighted by Gasteiger charge is 2.51. The summed E-state index contributed by atoms with van der Waals surface area (Å²) < 4.78 is 11.3. The van der Waals surface area contributed by atoms with Gasteiger partial charge in [-0.15, -0.1) is 0 Å². The molecule has 0 aromatic heterocycles. The van der Waals surface area contributed by atoms with Crippen LogP contribution in [-0.4, -0.2) is 98.4 Å². The van der Waals surface area contributed by atoms with Crippen LogP contribution in [0.5, 0.6) is 0 Å². The summed E-state index contributed by atoms with van der Waals surface area (Å²) in [7, 11) is 0. The van der Waals surface area contributed by atoms with E-state index in [1.54, 1.807) is 4.90 Å². The van der Waals surface area contributed by atoms with Gasteiger partial charge in [0.2, 0.25) is 5.91 Å². The van der Waals surface area contributed by atoms with Gasteiger partial charge in [-0.3, -0.25) is 4.79 Å². The topological polar surface area (TPSA) is 140 Å². The van der Waals surface area contributed by atoms with E-state index >= 15 is 0 Å². The summed E-state index contributed by atoms with van der Waals surface area (Å²) in [6.07, 6.45) is 37.9. The van der Waals surface area contributed by atoms with Crippen molar-refractivity contribution >= 4 is 5.91 Å². The predicted octanol–water partition coefficient (Wildman–Crippen LogP) is 10.8. The molecule has 8 atom stereocenters. The number of nitrogens with zero attached hydrogens (tertiary/aromatic N) is 1. The molecular formula is C49H95NO8. The van der Waals surface area contributed by atoms with Gasteiger partial charge >= 0.3 is 0 Å². The molecule has 344 valence electrons. The van der Waals surface area contributed by atoms with Crippen molar-refractivity contribution in [1.82, 2.24) is 4.90 Å². The van der Waals surface area contributed by atoms with Gasteiger partial charge in [0.15, 0.2) is 6.29 Å². The molecule has 2 aliphatic heterocycles. The van der Waals surface area contributed by atoms with E-state index in [2.05, 4.69) is 13.8 Å². The number of aliphatic hydroxyl groups excluding tert-OH is 5. The van der Waals surface area contributed by atoms with Gasteiger partial charge in [-0.05, 0) is 12.8 Å². The van der Waals surface area contributed by atoms with Gasteiger partial charge in [0, 0.05) is 6.42 Å². The third kappa shape index (κ3) is 22.9. The lowest BCUT2D eigenvalue weighted by Crippen LogP contribution is -2.71. The number of aliphatic hydroxyl groups is 5. The number of carbonyl (C=O) groups is 1. The van der Waals surface area contributed by atoms with E-state index in [1.807, 2.05) is 0 Å². The summed E-state index contributed by atoms with van der Waals surface area (Å²) in [6.45, 7) is 3.94. The Hall–Kier alpha value is -0.810. The van der Waals surface area contributed by atoms with E-state index in [-0.39, 0.29) is 18.6 Å². The maximum atomic E-state index is 13.6. The van der Waals surface area contributed by atoms with Crippen LogP contribution < -0.4 is 0 Å². The number of ether oxygens (including phenoxy) is 2. The lowest BCUT2D eigenvalue weighted by molar-refractivity contribution is -0.307. The molecule has 0 saturated carbocycles. The molecule has 0 unspecified atom stereocenters. The molecule has 0 spiro atoms. The van der Waals surface area contributed by atoms with Gasteiger partial charge < -0.3 is 39.9 Å². The van der Waals surface area contributed by atoms with E-state index < -0.39 is 49.5 Å². The summed E-state index contributed by atoms with van der Waals surface area (Å²) in [6, 6.07) is -0.819. The molecule has 0 radical (unpaired) electrons. The van der Waals surface area contributed by atoms with Crippen molar-refractivity contribution in [1.29, 1.82) is 0 Å². The first kappa shape index (κ1) is 53.3. The Bertz CT molecular complexity index is 938. The standard InChI is InChI=1S/C49H95NO8/c1-3-5-7-9-11-13-15-17-18-19-20-21-22-23-24-25-26-28-30-32-34-36-38-44(52)50-41(37-35-33-31-29-27-16-14-12-10-8-6-4-2)45(53)42(50)40-57-49-48(56)47(55)46(54)43(39-51)58-49/h41-43,45-49,51,53-56H,3-40H2,1-2H3/t41-,42+,43-,45-,46+,47+,48-,49-/m1/s1. The zero-order valence-corrected chi connectivity index (χ0v) is 37.9. The van der Waals surface area contributed by atoms with Gasteiger partial charge in [0.25, 0.3) is 0 Å². The molecule has 2 fully saturated rings. The number of amides is 1. The Kier molecular flexibility index (Phi) is 32.9. The Morgan fingerprint density at radius 3 is 1.21 bits per heavy atom. The molecule has 0 aromatic carbocycles. The van der Waals surface area contributed by atoms with Crippen molar-refractivity contribution in [3.63, 3.8) is 0 Å². The number of rotatable bonds is 40. The smallest absolute Gasteiger partial charge is 0.223 e. The third-order valence-electron chi connectivity index (χ3n) is 13.2. The van der Waals surface area contributed by atoms with Crippen LogP contribution in [0.1, 0.15) is 245 Å². The summed E-state index contributed by atoms with van der Waals surface area (Å²) >= 11 is 0. The first-order valence-electron chi connectivity index (χ1n) is 25.3. The van der Waals surface area contributed by atoms with Crippen LogP contribution in [0.15, 0.2) is 0 Å². The van der Waals surface area contributed by atoms with Crippen LogP contribution in [0.2, 0.25) is 0 Å². The number of hydrogen-bond donors (Lipinski definition) is 5. The molecule has 2 aliphatic rings. The van der Waals surface area contributed by atoms with Gasteiger partial charge in [-0.2, -0.15) is 0 Å². The normalized spacial score (nSPS) is 24.7. The molecule has 9 heteroatoms. The second-order valence-corrected chi connectivity index (χ2v) is 18.3. The Labute approximate surface area is 356 Å². The Morgan fingerprint density at radius 2 is 0.828 bits per heavy atom. The first-order valence-corrected chi connectivity index (χ1v) is 25.3. The third-order valence-corrected chi connectivity index (χ3v) is 13.2. The average molecular weight is 826 g/mol. The van der Waals surface area contributed by atoms with Crippen molar-refractivity contribution in [2.75, 3.05) is 13.2 Å². The molecule has 9 nitrogen and oxygen atoms in total. The minimum Gasteiger partial charge on any atom is -0.394 e. The molecule has 2 saturated heterocycles. The summed E-state index contributed by atoms with van der Waals surface area (Å²) in [5.41, 5.74) is 0. The molecule has 5 N–H and O–H groups in total. The summed E-state index contributed by atoms with van der Waals surface area (Å²) in [4.78, 5) is 15.4. The fraction of sp³-hybridized carbons (Fsp3) is 0.980. The van der Waals surface area contributed by atoms with Crippen LogP contribution in [0.25, 0.3) is 0 Å². The number of carbonyl (C=O) groups excluding carboxylic acids is 1. The SMILES string of the molecule is CCCCCCCCCCCCCCCCCCCCCCCCC(=O)N1[C@H](CCCCCCCCCCCCCC)[C@@H](O)[C@@H]1CO[C@@H]1O[C@H](CO)[C@H](O)[C@H](O)[C@H]1O. The predicted molar refractivity (Wildman–Crippen MR) is 238 cm³/mol. The summed E-state index contributed by atoms with van der Waals surface area (Å²) in [5, 5.41) is 51.5. The molecule has 1 amide bonds. The van der Waals surface area contributed by atoms with Crippen molar-refractivity contribution in [3.8, 4) is 0 Å². The highest BCUT2D eigenvalue weighted by Crippen LogP contribution is 2.33. The number of likely N-dealkylation sites (tertiary alicyclic amines) is 1. The number of unbranched alkanes of at least 4 members (excludes halogenated alkanes) is 32. The maximum Gasteiger partial charge on any atom is 0.223 e. The largest absolute Gasteiger partial charge is 0.394 e. The van der Waals surface area contributed by atoms with Gasteiger partial charge in [0.1, 0.15) is 24.4 Å². The molecule has 0 aliphatic carbocycles. The fourth-order valence-corrected chi connectivity index (χ4v) is 9.20. The second-order valence-electron chi connectivity index (χ2n) is 18.3. The van der Waals surface area contributed by atoms with Crippen LogP contribution >= 0.6 is 0 Å². The molecule has 0 aromatic rings. The van der Waals surface area contributed by atoms with Gasteiger partial charge in [-0.1, -0.05) is 226 Å². The van der Waals surface area contributed by atoms with E-state index in [0.29, 0.717) is 6.42 Å². The quantitative estimate of drug-likeness (QED) is 0.0385. The van der Waals surface area contributed by atoms with E-state index in [0.717, 1.165) is 38.5 Å². The zero-order valence-electron chi connectivity index (χ0n) is 37.9. The second kappa shape index (κ2) is 35.8. The van der Waals surface area contributed by atoms with Crippen LogP contribution in [0.3, 0.4) is 0 Å². The molecule has 2 heterocycles. The Balaban J connectivity index is 1.60. The zero-order chi connectivity index (χ0) is 42.1. The minimum atomic E-state index is -1.53. The minimum absolute atomic E-state index is 0.0322. The van der Waals surface area contributed by atoms with Crippen molar-refractivity contribution < 1.29 is 39.8 Å². The van der Waals surface area contributed by atoms with Crippen molar-refractivity contribution in [3.05, 3.63) is 0 Å². The molecular weight excluding hydrogens is 731 g/mol. The lowest BCUT2D eigenvalue weighted by Gasteiger charge is -2.53. The molecule has 0 bridgehead atoms.